The van der Waals surface area contributed by atoms with Gasteiger partial charge in [0.2, 0.25) is 5.16 Å². The Morgan fingerprint density at radius 3 is 2.68 bits per heavy atom. The van der Waals surface area contributed by atoms with Gasteiger partial charge in [0.1, 0.15) is 5.52 Å². The van der Waals surface area contributed by atoms with E-state index in [1.165, 1.54) is 24.0 Å². The zero-order valence-corrected chi connectivity index (χ0v) is 13.5. The number of rotatable bonds is 4. The normalized spacial score (nSPS) is 10.9. The van der Waals surface area contributed by atoms with Crippen LogP contribution in [0.3, 0.4) is 0 Å². The Bertz CT molecular complexity index is 1070. The molecule has 2 aromatic carbocycles. The van der Waals surface area contributed by atoms with E-state index in [0.29, 0.717) is 16.1 Å². The molecule has 0 bridgehead atoms. The van der Waals surface area contributed by atoms with Crippen molar-refractivity contribution in [1.29, 1.82) is 0 Å². The molecule has 0 amide bonds. The molecule has 0 fully saturated rings. The summed E-state index contributed by atoms with van der Waals surface area (Å²) in [6.45, 7) is 0. The minimum atomic E-state index is -0.433. The first-order chi connectivity index (χ1) is 12.2. The Kier molecular flexibility index (Phi) is 3.82. The number of para-hydroxylation sites is 1. The number of pyridine rings is 1. The highest BCUT2D eigenvalue weighted by Crippen LogP contribution is 2.35. The highest BCUT2D eigenvalue weighted by atomic mass is 32.2. The van der Waals surface area contributed by atoms with Gasteiger partial charge in [-0.05, 0) is 52.5 Å². The molecule has 25 heavy (non-hydrogen) atoms. The third kappa shape index (κ3) is 2.81. The molecule has 4 rings (SSSR count). The van der Waals surface area contributed by atoms with Gasteiger partial charge in [0.25, 0.3) is 5.69 Å². The van der Waals surface area contributed by atoms with Gasteiger partial charge in [-0.2, -0.15) is 4.68 Å². The van der Waals surface area contributed by atoms with Crippen LogP contribution in [0.25, 0.3) is 16.6 Å². The highest BCUT2D eigenvalue weighted by Gasteiger charge is 2.18. The van der Waals surface area contributed by atoms with Crippen molar-refractivity contribution in [2.45, 2.75) is 10.1 Å². The number of nitro benzene ring substituents is 1. The maximum absolute atomic E-state index is 11.2. The standard InChI is InChI=1S/C16H10N6O2S/c23-22(24)13-8-9-14(12-7-4-10-17-15(12)13)25-16-18-19-20-21(16)11-5-2-1-3-6-11/h1-10H. The minimum absolute atomic E-state index is 0.0254. The molecule has 0 atom stereocenters. The molecule has 0 N–H and O–H groups in total. The highest BCUT2D eigenvalue weighted by molar-refractivity contribution is 7.99. The Labute approximate surface area is 145 Å². The first-order valence-corrected chi connectivity index (χ1v) is 8.09. The molecule has 0 spiro atoms. The molecule has 0 saturated carbocycles. The minimum Gasteiger partial charge on any atom is -0.258 e. The molecule has 122 valence electrons. The molecular weight excluding hydrogens is 340 g/mol. The summed E-state index contributed by atoms with van der Waals surface area (Å²) in [5.41, 5.74) is 1.15. The van der Waals surface area contributed by atoms with E-state index < -0.39 is 4.92 Å². The van der Waals surface area contributed by atoms with Gasteiger partial charge >= 0.3 is 0 Å². The number of hydrogen-bond acceptors (Lipinski definition) is 7. The fraction of sp³-hybridized carbons (Fsp3) is 0. The first kappa shape index (κ1) is 15.2. The fourth-order valence-electron chi connectivity index (χ4n) is 2.44. The van der Waals surface area contributed by atoms with Crippen LogP contribution >= 0.6 is 11.8 Å². The van der Waals surface area contributed by atoms with Crippen LogP contribution in [0.2, 0.25) is 0 Å². The van der Waals surface area contributed by atoms with Crippen LogP contribution in [0.4, 0.5) is 5.69 Å². The molecular formula is C16H10N6O2S. The number of aromatic nitrogens is 5. The van der Waals surface area contributed by atoms with Crippen molar-refractivity contribution < 1.29 is 4.92 Å². The Hall–Kier alpha value is -3.33. The van der Waals surface area contributed by atoms with E-state index in [1.807, 2.05) is 30.3 Å². The van der Waals surface area contributed by atoms with Crippen molar-refractivity contribution in [3.05, 3.63) is 70.9 Å². The number of non-ortho nitro benzene ring substituents is 1. The maximum Gasteiger partial charge on any atom is 0.295 e. The number of benzene rings is 2. The molecule has 0 aliphatic rings. The fourth-order valence-corrected chi connectivity index (χ4v) is 3.35. The van der Waals surface area contributed by atoms with E-state index in [-0.39, 0.29) is 5.69 Å². The van der Waals surface area contributed by atoms with Crippen LogP contribution in [0.5, 0.6) is 0 Å². The lowest BCUT2D eigenvalue weighted by atomic mass is 10.2. The summed E-state index contributed by atoms with van der Waals surface area (Å²) < 4.78 is 1.62. The number of nitro groups is 1. The van der Waals surface area contributed by atoms with Gasteiger partial charge in [-0.1, -0.05) is 18.2 Å². The molecule has 8 nitrogen and oxygen atoms in total. The van der Waals surface area contributed by atoms with E-state index in [1.54, 1.807) is 22.9 Å². The second-order valence-corrected chi connectivity index (χ2v) is 6.06. The predicted octanol–water partition coefficient (Wildman–Crippen LogP) is 3.27. The van der Waals surface area contributed by atoms with Crippen molar-refractivity contribution in [3.63, 3.8) is 0 Å². The van der Waals surface area contributed by atoms with E-state index >= 15 is 0 Å². The second kappa shape index (κ2) is 6.29. The van der Waals surface area contributed by atoms with Crippen molar-refractivity contribution >= 4 is 28.4 Å². The molecule has 9 heteroatoms. The lowest BCUT2D eigenvalue weighted by molar-refractivity contribution is -0.383. The molecule has 0 radical (unpaired) electrons. The quantitative estimate of drug-likeness (QED) is 0.411. The third-order valence-electron chi connectivity index (χ3n) is 3.55. The van der Waals surface area contributed by atoms with Gasteiger partial charge in [0, 0.05) is 22.5 Å². The Balaban J connectivity index is 1.80. The van der Waals surface area contributed by atoms with Crippen LogP contribution in [0.1, 0.15) is 0 Å². The molecule has 4 aromatic rings. The van der Waals surface area contributed by atoms with Crippen LogP contribution in [-0.2, 0) is 0 Å². The Morgan fingerprint density at radius 2 is 1.88 bits per heavy atom. The SMILES string of the molecule is O=[N+]([O-])c1ccc(Sc2nnnn2-c2ccccc2)c2cccnc12. The summed E-state index contributed by atoms with van der Waals surface area (Å²) in [5, 5.41) is 24.3. The number of hydrogen-bond donors (Lipinski definition) is 0. The van der Waals surface area contributed by atoms with Crippen molar-refractivity contribution in [2.75, 3.05) is 0 Å². The lowest BCUT2D eigenvalue weighted by Gasteiger charge is -2.07. The van der Waals surface area contributed by atoms with Gasteiger partial charge < -0.3 is 0 Å². The summed E-state index contributed by atoms with van der Waals surface area (Å²) in [6.07, 6.45) is 1.54. The Morgan fingerprint density at radius 1 is 1.04 bits per heavy atom. The van der Waals surface area contributed by atoms with Gasteiger partial charge in [0.05, 0.1) is 10.6 Å². The molecule has 0 saturated heterocycles. The average Bonchev–Trinajstić information content (AvgIpc) is 3.10. The van der Waals surface area contributed by atoms with Crippen LogP contribution in [-0.4, -0.2) is 30.1 Å². The van der Waals surface area contributed by atoms with Crippen LogP contribution < -0.4 is 0 Å². The summed E-state index contributed by atoms with van der Waals surface area (Å²) in [7, 11) is 0. The number of nitrogens with zero attached hydrogens (tertiary/aromatic N) is 6. The topological polar surface area (TPSA) is 99.6 Å². The van der Waals surface area contributed by atoms with Gasteiger partial charge in [-0.15, -0.1) is 5.10 Å². The predicted molar refractivity (Wildman–Crippen MR) is 91.7 cm³/mol. The molecule has 0 aliphatic carbocycles. The van der Waals surface area contributed by atoms with Crippen LogP contribution in [0, 0.1) is 10.1 Å². The summed E-state index contributed by atoms with van der Waals surface area (Å²) in [4.78, 5) is 15.7. The van der Waals surface area contributed by atoms with Crippen molar-refractivity contribution in [3.8, 4) is 5.69 Å². The summed E-state index contributed by atoms with van der Waals surface area (Å²) in [6, 6.07) is 16.2. The van der Waals surface area contributed by atoms with Gasteiger partial charge in [-0.25, -0.2) is 4.98 Å². The average molecular weight is 350 g/mol. The molecule has 2 heterocycles. The summed E-state index contributed by atoms with van der Waals surface area (Å²) in [5.74, 6) is 0. The largest absolute Gasteiger partial charge is 0.295 e. The number of fused-ring (bicyclic) bond motifs is 1. The zero-order chi connectivity index (χ0) is 17.2. The van der Waals surface area contributed by atoms with Crippen molar-refractivity contribution in [1.82, 2.24) is 25.2 Å². The van der Waals surface area contributed by atoms with Gasteiger partial charge in [0.15, 0.2) is 0 Å². The monoisotopic (exact) mass is 350 g/mol. The van der Waals surface area contributed by atoms with E-state index in [0.717, 1.165) is 10.6 Å². The first-order valence-electron chi connectivity index (χ1n) is 7.28. The number of tetrazole rings is 1. The lowest BCUT2D eigenvalue weighted by Crippen LogP contribution is -1.98. The van der Waals surface area contributed by atoms with Crippen LogP contribution in [0.15, 0.2) is 70.8 Å². The maximum atomic E-state index is 11.2. The smallest absolute Gasteiger partial charge is 0.258 e. The third-order valence-corrected chi connectivity index (χ3v) is 4.56. The molecule has 0 unspecified atom stereocenters. The van der Waals surface area contributed by atoms with Crippen molar-refractivity contribution in [2.24, 2.45) is 0 Å². The molecule has 0 aliphatic heterocycles. The van der Waals surface area contributed by atoms with Gasteiger partial charge in [-0.3, -0.25) is 10.1 Å². The zero-order valence-electron chi connectivity index (χ0n) is 12.7. The molecule has 2 aromatic heterocycles. The van der Waals surface area contributed by atoms with E-state index in [4.69, 9.17) is 0 Å². The van der Waals surface area contributed by atoms with E-state index in [2.05, 4.69) is 20.5 Å². The summed E-state index contributed by atoms with van der Waals surface area (Å²) >= 11 is 1.33. The second-order valence-electron chi connectivity index (χ2n) is 5.05. The van der Waals surface area contributed by atoms with E-state index in [9.17, 15) is 10.1 Å².